The number of carbonyl (C=O) groups is 3. The first-order valence-electron chi connectivity index (χ1n) is 13.4. The van der Waals surface area contributed by atoms with Crippen LogP contribution in [0.2, 0.25) is 10.0 Å². The average Bonchev–Trinajstić information content (AvgIpc) is 3.47. The molecule has 3 amide bonds. The second-order valence-electron chi connectivity index (χ2n) is 11.1. The monoisotopic (exact) mass is 547 g/mol. The molecule has 1 aromatic rings. The summed E-state index contributed by atoms with van der Waals surface area (Å²) in [5, 5.41) is 6.94. The Labute approximate surface area is 228 Å². The SMILES string of the molecule is CCCCN1C(=O)[C@H]2[C@H](C(=O)Nc3cc(Cl)cc(Cl)c3)[C@H]3C=C[C@@]2(O3)[C@@H]1C(=O)N[C@@H]1CCC[C@H](C)[C@@H]1C. The molecule has 1 saturated carbocycles. The van der Waals surface area contributed by atoms with Gasteiger partial charge in [-0.05, 0) is 42.9 Å². The number of carbonyl (C=O) groups excluding carboxylic acids is 3. The van der Waals surface area contributed by atoms with Crippen LogP contribution in [0.1, 0.15) is 52.9 Å². The van der Waals surface area contributed by atoms with Gasteiger partial charge in [0.05, 0.1) is 17.9 Å². The van der Waals surface area contributed by atoms with Crippen LogP contribution in [-0.4, -0.2) is 53.0 Å². The Morgan fingerprint density at radius 3 is 2.57 bits per heavy atom. The Morgan fingerprint density at radius 1 is 1.14 bits per heavy atom. The second-order valence-corrected chi connectivity index (χ2v) is 12.0. The van der Waals surface area contributed by atoms with Crippen LogP contribution < -0.4 is 10.6 Å². The standard InChI is InChI=1S/C28H35Cl2N3O4/c1-4-5-11-33-24(26(35)32-20-8-6-7-15(2)16(20)3)28-10-9-21(37-28)22(23(28)27(33)36)25(34)31-19-13-17(29)12-18(30)14-19/h9-10,12-16,20-24H,4-8,11H2,1-3H3,(H,31,34)(H,32,35)/t15-,16-,20+,21+,22+,23+,24-,28-/m0/s1. The van der Waals surface area contributed by atoms with Gasteiger partial charge in [0.25, 0.3) is 0 Å². The van der Waals surface area contributed by atoms with E-state index in [1.165, 1.54) is 0 Å². The fourth-order valence-corrected chi connectivity index (χ4v) is 7.26. The van der Waals surface area contributed by atoms with Gasteiger partial charge in [-0.2, -0.15) is 0 Å². The molecule has 3 aliphatic heterocycles. The second kappa shape index (κ2) is 10.2. The van der Waals surface area contributed by atoms with Gasteiger partial charge in [0.1, 0.15) is 11.6 Å². The molecule has 4 aliphatic rings. The third-order valence-electron chi connectivity index (χ3n) is 8.84. The van der Waals surface area contributed by atoms with Gasteiger partial charge in [0.2, 0.25) is 17.7 Å². The average molecular weight is 549 g/mol. The fourth-order valence-electron chi connectivity index (χ4n) is 6.74. The van der Waals surface area contributed by atoms with Crippen LogP contribution in [0.15, 0.2) is 30.4 Å². The van der Waals surface area contributed by atoms with Gasteiger partial charge >= 0.3 is 0 Å². The summed E-state index contributed by atoms with van der Waals surface area (Å²) < 4.78 is 6.41. The van der Waals surface area contributed by atoms with Gasteiger partial charge in [-0.1, -0.05) is 75.4 Å². The maximum Gasteiger partial charge on any atom is 0.246 e. The third kappa shape index (κ3) is 4.57. The highest BCUT2D eigenvalue weighted by molar-refractivity contribution is 6.35. The van der Waals surface area contributed by atoms with Crippen molar-refractivity contribution >= 4 is 46.6 Å². The predicted octanol–water partition coefficient (Wildman–Crippen LogP) is 4.82. The molecule has 5 rings (SSSR count). The highest BCUT2D eigenvalue weighted by atomic mass is 35.5. The summed E-state index contributed by atoms with van der Waals surface area (Å²) in [6.07, 6.45) is 7.90. The van der Waals surface area contributed by atoms with Crippen molar-refractivity contribution in [3.8, 4) is 0 Å². The van der Waals surface area contributed by atoms with E-state index >= 15 is 0 Å². The smallest absolute Gasteiger partial charge is 0.246 e. The van der Waals surface area contributed by atoms with Crippen LogP contribution in [0.25, 0.3) is 0 Å². The lowest BCUT2D eigenvalue weighted by Crippen LogP contribution is -2.58. The zero-order valence-corrected chi connectivity index (χ0v) is 23.0. The first-order chi connectivity index (χ1) is 17.7. The van der Waals surface area contributed by atoms with E-state index < -0.39 is 29.6 Å². The largest absolute Gasteiger partial charge is 0.359 e. The number of likely N-dealkylation sites (tertiary alicyclic amines) is 1. The number of hydrogen-bond donors (Lipinski definition) is 2. The van der Waals surface area contributed by atoms with Crippen LogP contribution in [0.4, 0.5) is 5.69 Å². The van der Waals surface area contributed by atoms with Crippen LogP contribution in [0, 0.1) is 23.7 Å². The van der Waals surface area contributed by atoms with Crippen molar-refractivity contribution in [2.45, 2.75) is 76.7 Å². The predicted molar refractivity (Wildman–Crippen MR) is 143 cm³/mol. The number of amides is 3. The summed E-state index contributed by atoms with van der Waals surface area (Å²) >= 11 is 12.2. The van der Waals surface area contributed by atoms with Crippen molar-refractivity contribution in [2.24, 2.45) is 23.7 Å². The zero-order chi connectivity index (χ0) is 26.5. The van der Waals surface area contributed by atoms with Gasteiger partial charge in [0.15, 0.2) is 0 Å². The van der Waals surface area contributed by atoms with Crippen LogP contribution in [0.5, 0.6) is 0 Å². The van der Waals surface area contributed by atoms with E-state index in [4.69, 9.17) is 27.9 Å². The van der Waals surface area contributed by atoms with Crippen molar-refractivity contribution < 1.29 is 19.1 Å². The van der Waals surface area contributed by atoms with E-state index in [1.54, 1.807) is 23.1 Å². The lowest BCUT2D eigenvalue weighted by molar-refractivity contribution is -0.141. The zero-order valence-electron chi connectivity index (χ0n) is 21.5. The summed E-state index contributed by atoms with van der Waals surface area (Å²) in [4.78, 5) is 43.0. The van der Waals surface area contributed by atoms with Crippen molar-refractivity contribution in [3.05, 3.63) is 40.4 Å². The van der Waals surface area contributed by atoms with Gasteiger partial charge < -0.3 is 20.3 Å². The summed E-state index contributed by atoms with van der Waals surface area (Å²) in [5.74, 6) is -1.39. The van der Waals surface area contributed by atoms with Gasteiger partial charge in [0, 0.05) is 28.3 Å². The molecule has 2 bridgehead atoms. The third-order valence-corrected chi connectivity index (χ3v) is 9.28. The quantitative estimate of drug-likeness (QED) is 0.479. The number of nitrogens with one attached hydrogen (secondary N) is 2. The Balaban J connectivity index is 1.43. The molecule has 3 heterocycles. The Bertz CT molecular complexity index is 1110. The molecule has 8 atom stereocenters. The van der Waals surface area contributed by atoms with E-state index in [-0.39, 0.29) is 23.8 Å². The molecule has 9 heteroatoms. The Hall–Kier alpha value is -2.09. The van der Waals surface area contributed by atoms with E-state index in [1.807, 2.05) is 19.1 Å². The number of rotatable bonds is 7. The number of fused-ring (bicyclic) bond motifs is 1. The molecular formula is C28H35Cl2N3O4. The highest BCUT2D eigenvalue weighted by Gasteiger charge is 2.72. The summed E-state index contributed by atoms with van der Waals surface area (Å²) in [6.45, 7) is 6.91. The number of halogens is 2. The molecule has 0 unspecified atom stereocenters. The van der Waals surface area contributed by atoms with Gasteiger partial charge in [-0.3, -0.25) is 14.4 Å². The minimum atomic E-state index is -1.16. The maximum absolute atomic E-state index is 13.9. The fraction of sp³-hybridized carbons (Fsp3) is 0.607. The van der Waals surface area contributed by atoms with Crippen molar-refractivity contribution in [1.82, 2.24) is 10.2 Å². The lowest BCUT2D eigenvalue weighted by Gasteiger charge is -2.38. The molecule has 200 valence electrons. The van der Waals surface area contributed by atoms with E-state index in [0.29, 0.717) is 34.1 Å². The molecule has 1 aliphatic carbocycles. The normalized spacial score (nSPS) is 36.1. The summed E-state index contributed by atoms with van der Waals surface area (Å²) in [7, 11) is 0. The molecule has 3 fully saturated rings. The van der Waals surface area contributed by atoms with Gasteiger partial charge in [-0.15, -0.1) is 0 Å². The van der Waals surface area contributed by atoms with E-state index in [9.17, 15) is 14.4 Å². The lowest BCUT2D eigenvalue weighted by atomic mass is 9.73. The Morgan fingerprint density at radius 2 is 1.86 bits per heavy atom. The number of nitrogens with zero attached hydrogens (tertiary/aromatic N) is 1. The molecule has 0 radical (unpaired) electrons. The summed E-state index contributed by atoms with van der Waals surface area (Å²) in [6, 6.07) is 4.06. The van der Waals surface area contributed by atoms with Crippen molar-refractivity contribution in [3.63, 3.8) is 0 Å². The number of anilines is 1. The maximum atomic E-state index is 13.9. The van der Waals surface area contributed by atoms with Crippen LogP contribution in [0.3, 0.4) is 0 Å². The first kappa shape index (κ1) is 26.5. The number of benzene rings is 1. The van der Waals surface area contributed by atoms with Crippen molar-refractivity contribution in [1.29, 1.82) is 0 Å². The Kier molecular flexibility index (Phi) is 7.33. The van der Waals surface area contributed by atoms with Gasteiger partial charge in [-0.25, -0.2) is 0 Å². The number of hydrogen-bond acceptors (Lipinski definition) is 4. The van der Waals surface area contributed by atoms with E-state index in [0.717, 1.165) is 32.1 Å². The molecule has 37 heavy (non-hydrogen) atoms. The number of ether oxygens (including phenoxy) is 1. The minimum Gasteiger partial charge on any atom is -0.359 e. The molecule has 1 aromatic carbocycles. The first-order valence-corrected chi connectivity index (χ1v) is 14.2. The molecular weight excluding hydrogens is 513 g/mol. The summed E-state index contributed by atoms with van der Waals surface area (Å²) in [5.41, 5.74) is -0.705. The minimum absolute atomic E-state index is 0.0593. The topological polar surface area (TPSA) is 87.7 Å². The molecule has 2 N–H and O–H groups in total. The number of unbranched alkanes of at least 4 members (excludes halogenated alkanes) is 1. The molecule has 1 spiro atoms. The molecule has 2 saturated heterocycles. The molecule has 7 nitrogen and oxygen atoms in total. The van der Waals surface area contributed by atoms with Crippen LogP contribution in [-0.2, 0) is 19.1 Å². The van der Waals surface area contributed by atoms with Crippen LogP contribution >= 0.6 is 23.2 Å². The molecule has 0 aromatic heterocycles. The highest BCUT2D eigenvalue weighted by Crippen LogP contribution is 2.55. The van der Waals surface area contributed by atoms with Crippen molar-refractivity contribution in [2.75, 3.05) is 11.9 Å². The van der Waals surface area contributed by atoms with E-state index in [2.05, 4.69) is 24.5 Å².